The van der Waals surface area contributed by atoms with Crippen molar-refractivity contribution in [3.8, 4) is 0 Å². The Balaban J connectivity index is 1.93. The van der Waals surface area contributed by atoms with Crippen molar-refractivity contribution in [3.63, 3.8) is 0 Å². The van der Waals surface area contributed by atoms with Crippen LogP contribution in [0.15, 0.2) is 11.7 Å². The lowest BCUT2D eigenvalue weighted by Crippen LogP contribution is -2.43. The van der Waals surface area contributed by atoms with Crippen molar-refractivity contribution in [3.05, 3.63) is 16.6 Å². The van der Waals surface area contributed by atoms with E-state index in [1.54, 1.807) is 11.3 Å². The third kappa shape index (κ3) is 1.60. The van der Waals surface area contributed by atoms with E-state index in [9.17, 15) is 4.79 Å². The Hall–Kier alpha value is -0.940. The van der Waals surface area contributed by atoms with Gasteiger partial charge < -0.3 is 4.90 Å². The lowest BCUT2D eigenvalue weighted by atomic mass is 9.98. The molecule has 1 aromatic heterocycles. The molecule has 4 nitrogen and oxygen atoms in total. The summed E-state index contributed by atoms with van der Waals surface area (Å²) in [7, 11) is 0. The lowest BCUT2D eigenvalue weighted by Gasteiger charge is -2.20. The fourth-order valence-corrected chi connectivity index (χ4v) is 3.72. The van der Waals surface area contributed by atoms with E-state index in [-0.39, 0.29) is 17.6 Å². The first-order valence-electron chi connectivity index (χ1n) is 6.24. The van der Waals surface area contributed by atoms with Gasteiger partial charge in [0, 0.05) is 12.7 Å². The summed E-state index contributed by atoms with van der Waals surface area (Å²) in [5, 5.41) is 3.57. The van der Waals surface area contributed by atoms with Gasteiger partial charge in [0.2, 0.25) is 5.91 Å². The highest BCUT2D eigenvalue weighted by atomic mass is 32.1. The molecule has 0 radical (unpaired) electrons. The second-order valence-corrected chi connectivity index (χ2v) is 5.75. The standard InChI is InChI=1S/C12H17N3OS/c1-2-15-10(9-7-13-8-17-9)14-12(11(15)16)5-3-4-6-12/h7-8,10,14H,2-6H2,1H3/t10-/m0/s1. The molecule has 0 aromatic carbocycles. The minimum absolute atomic E-state index is 0.0399. The number of nitrogens with zero attached hydrogens (tertiary/aromatic N) is 2. The fourth-order valence-electron chi connectivity index (χ4n) is 3.04. The Morgan fingerprint density at radius 2 is 2.35 bits per heavy atom. The molecule has 1 N–H and O–H groups in total. The van der Waals surface area contributed by atoms with Gasteiger partial charge in [-0.2, -0.15) is 0 Å². The summed E-state index contributed by atoms with van der Waals surface area (Å²) in [6.07, 6.45) is 6.19. The number of nitrogens with one attached hydrogen (secondary N) is 1. The summed E-state index contributed by atoms with van der Waals surface area (Å²) in [5.41, 5.74) is 1.56. The molecule has 2 heterocycles. The van der Waals surface area contributed by atoms with E-state index in [0.29, 0.717) is 0 Å². The zero-order valence-electron chi connectivity index (χ0n) is 9.98. The molecule has 5 heteroatoms. The molecule has 92 valence electrons. The monoisotopic (exact) mass is 251 g/mol. The Morgan fingerprint density at radius 1 is 1.59 bits per heavy atom. The SMILES string of the molecule is CCN1C(=O)C2(CCCC2)N[C@@H]1c1cncs1. The summed E-state index contributed by atoms with van der Waals surface area (Å²) in [4.78, 5) is 19.7. The van der Waals surface area contributed by atoms with Crippen LogP contribution in [0.2, 0.25) is 0 Å². The largest absolute Gasteiger partial charge is 0.321 e. The number of aromatic nitrogens is 1. The molecule has 1 aliphatic carbocycles. The number of hydrogen-bond acceptors (Lipinski definition) is 4. The van der Waals surface area contributed by atoms with Crippen molar-refractivity contribution in [2.75, 3.05) is 6.54 Å². The predicted molar refractivity (Wildman–Crippen MR) is 66.6 cm³/mol. The Kier molecular flexibility index (Phi) is 2.67. The molecule has 0 unspecified atom stereocenters. The maximum atomic E-state index is 12.5. The van der Waals surface area contributed by atoms with Gasteiger partial charge in [0.05, 0.1) is 15.9 Å². The van der Waals surface area contributed by atoms with E-state index in [2.05, 4.69) is 10.3 Å². The number of amides is 1. The number of hydrogen-bond donors (Lipinski definition) is 1. The zero-order valence-corrected chi connectivity index (χ0v) is 10.8. The maximum Gasteiger partial charge on any atom is 0.244 e. The van der Waals surface area contributed by atoms with Crippen molar-refractivity contribution in [1.29, 1.82) is 0 Å². The number of carbonyl (C=O) groups excluding carboxylic acids is 1. The second kappa shape index (κ2) is 4.07. The van der Waals surface area contributed by atoms with Gasteiger partial charge in [-0.1, -0.05) is 12.8 Å². The summed E-state index contributed by atoms with van der Waals surface area (Å²) in [6.45, 7) is 2.80. The molecular formula is C12H17N3OS. The van der Waals surface area contributed by atoms with Gasteiger partial charge in [0.15, 0.2) is 0 Å². The normalized spacial score (nSPS) is 27.2. The highest BCUT2D eigenvalue weighted by molar-refractivity contribution is 7.09. The summed E-state index contributed by atoms with van der Waals surface area (Å²) >= 11 is 1.62. The van der Waals surface area contributed by atoms with Crippen LogP contribution in [0.5, 0.6) is 0 Å². The molecule has 2 aliphatic rings. The van der Waals surface area contributed by atoms with Gasteiger partial charge in [-0.15, -0.1) is 11.3 Å². The van der Waals surface area contributed by atoms with E-state index in [1.807, 2.05) is 23.5 Å². The van der Waals surface area contributed by atoms with Crippen LogP contribution in [-0.2, 0) is 4.79 Å². The van der Waals surface area contributed by atoms with Gasteiger partial charge in [-0.05, 0) is 19.8 Å². The van der Waals surface area contributed by atoms with Crippen LogP contribution in [0.1, 0.15) is 43.6 Å². The zero-order chi connectivity index (χ0) is 11.9. The molecule has 2 fully saturated rings. The van der Waals surface area contributed by atoms with Crippen LogP contribution in [0, 0.1) is 0 Å². The average molecular weight is 251 g/mol. The molecule has 1 spiro atoms. The number of likely N-dealkylation sites (N-methyl/N-ethyl adjacent to an activating group) is 1. The van der Waals surface area contributed by atoms with Crippen LogP contribution in [0.3, 0.4) is 0 Å². The van der Waals surface area contributed by atoms with Crippen molar-refractivity contribution in [2.24, 2.45) is 0 Å². The Morgan fingerprint density at radius 3 is 2.94 bits per heavy atom. The van der Waals surface area contributed by atoms with Crippen LogP contribution in [0.25, 0.3) is 0 Å². The lowest BCUT2D eigenvalue weighted by molar-refractivity contribution is -0.133. The van der Waals surface area contributed by atoms with Gasteiger partial charge >= 0.3 is 0 Å². The maximum absolute atomic E-state index is 12.5. The van der Waals surface area contributed by atoms with Crippen LogP contribution >= 0.6 is 11.3 Å². The number of rotatable bonds is 2. The van der Waals surface area contributed by atoms with Gasteiger partial charge in [-0.25, -0.2) is 0 Å². The Labute approximate surface area is 105 Å². The molecule has 1 amide bonds. The van der Waals surface area contributed by atoms with Crippen molar-refractivity contribution >= 4 is 17.2 Å². The highest BCUT2D eigenvalue weighted by Gasteiger charge is 2.52. The molecule has 17 heavy (non-hydrogen) atoms. The van der Waals surface area contributed by atoms with Gasteiger partial charge in [-0.3, -0.25) is 15.1 Å². The molecule has 3 rings (SSSR count). The van der Waals surface area contributed by atoms with E-state index < -0.39 is 0 Å². The molecule has 1 saturated heterocycles. The second-order valence-electron chi connectivity index (χ2n) is 4.83. The van der Waals surface area contributed by atoms with Gasteiger partial charge in [0.25, 0.3) is 0 Å². The highest BCUT2D eigenvalue weighted by Crippen LogP contribution is 2.41. The molecule has 1 saturated carbocycles. The third-order valence-electron chi connectivity index (χ3n) is 3.91. The van der Waals surface area contributed by atoms with E-state index >= 15 is 0 Å². The van der Waals surface area contributed by atoms with E-state index in [0.717, 1.165) is 37.1 Å². The molecule has 1 aliphatic heterocycles. The first-order valence-corrected chi connectivity index (χ1v) is 7.12. The summed E-state index contributed by atoms with van der Waals surface area (Å²) in [6, 6.07) is 0. The van der Waals surface area contributed by atoms with Crippen molar-refractivity contribution < 1.29 is 4.79 Å². The topological polar surface area (TPSA) is 45.2 Å². The van der Waals surface area contributed by atoms with Crippen molar-refractivity contribution in [2.45, 2.75) is 44.3 Å². The smallest absolute Gasteiger partial charge is 0.244 e. The molecule has 1 aromatic rings. The first kappa shape index (κ1) is 11.2. The fraction of sp³-hybridized carbons (Fsp3) is 0.667. The molecular weight excluding hydrogens is 234 g/mol. The van der Waals surface area contributed by atoms with E-state index in [1.165, 1.54) is 0 Å². The number of thiazole rings is 1. The van der Waals surface area contributed by atoms with Crippen LogP contribution < -0.4 is 5.32 Å². The van der Waals surface area contributed by atoms with Crippen LogP contribution in [-0.4, -0.2) is 27.9 Å². The molecule has 0 bridgehead atoms. The number of carbonyl (C=O) groups is 1. The minimum atomic E-state index is -0.273. The average Bonchev–Trinajstić information content (AvgIpc) is 3.04. The molecule has 1 atom stereocenters. The quantitative estimate of drug-likeness (QED) is 0.873. The first-order chi connectivity index (χ1) is 8.27. The summed E-state index contributed by atoms with van der Waals surface area (Å²) < 4.78 is 0. The van der Waals surface area contributed by atoms with Crippen LogP contribution in [0.4, 0.5) is 0 Å². The van der Waals surface area contributed by atoms with Gasteiger partial charge in [0.1, 0.15) is 6.17 Å². The minimum Gasteiger partial charge on any atom is -0.321 e. The Bertz CT molecular complexity index is 411. The van der Waals surface area contributed by atoms with Crippen molar-refractivity contribution in [1.82, 2.24) is 15.2 Å². The van der Waals surface area contributed by atoms with E-state index in [4.69, 9.17) is 0 Å². The summed E-state index contributed by atoms with van der Waals surface area (Å²) in [5.74, 6) is 0.288. The predicted octanol–water partition coefficient (Wildman–Crippen LogP) is 1.91. The third-order valence-corrected chi connectivity index (χ3v) is 4.74.